The molecule has 0 unspecified atom stereocenters. The molecule has 0 N–H and O–H groups in total. The van der Waals surface area contributed by atoms with Crippen LogP contribution in [0.2, 0.25) is 0 Å². The first-order valence-electron chi connectivity index (χ1n) is 4.31. The van der Waals surface area contributed by atoms with E-state index in [1.807, 2.05) is 0 Å². The van der Waals surface area contributed by atoms with Gasteiger partial charge in [0.25, 0.3) is 5.91 Å². The lowest BCUT2D eigenvalue weighted by Crippen LogP contribution is -2.29. The van der Waals surface area contributed by atoms with Gasteiger partial charge in [0.1, 0.15) is 11.4 Å². The van der Waals surface area contributed by atoms with Crippen LogP contribution in [0.3, 0.4) is 0 Å². The lowest BCUT2D eigenvalue weighted by molar-refractivity contribution is 0.0801. The van der Waals surface area contributed by atoms with Crippen LogP contribution in [0.4, 0.5) is 13.2 Å². The number of benzene rings is 1. The Bertz CT molecular complexity index is 465. The highest BCUT2D eigenvalue weighted by molar-refractivity contribution is 5.94. The first kappa shape index (κ1) is 12.1. The fourth-order valence-electron chi connectivity index (χ4n) is 1.12. The van der Waals surface area contributed by atoms with Crippen molar-refractivity contribution in [2.24, 2.45) is 0 Å². The minimum absolute atomic E-state index is 0.117. The van der Waals surface area contributed by atoms with Gasteiger partial charge in [-0.05, 0) is 12.1 Å². The quantitative estimate of drug-likeness (QED) is 0.557. The molecule has 0 atom stereocenters. The van der Waals surface area contributed by atoms with Gasteiger partial charge in [0, 0.05) is 7.05 Å². The van der Waals surface area contributed by atoms with Crippen molar-refractivity contribution in [3.05, 3.63) is 35.1 Å². The van der Waals surface area contributed by atoms with E-state index in [2.05, 4.69) is 5.92 Å². The van der Waals surface area contributed by atoms with Crippen LogP contribution in [0.15, 0.2) is 12.1 Å². The molecule has 0 fully saturated rings. The van der Waals surface area contributed by atoms with E-state index < -0.39 is 28.9 Å². The summed E-state index contributed by atoms with van der Waals surface area (Å²) in [5, 5.41) is 0. The number of halogens is 3. The van der Waals surface area contributed by atoms with Crippen LogP contribution in [0, 0.1) is 29.8 Å². The van der Waals surface area contributed by atoms with E-state index in [4.69, 9.17) is 6.42 Å². The number of carbonyl (C=O) groups excluding carboxylic acids is 1. The van der Waals surface area contributed by atoms with Gasteiger partial charge in [-0.25, -0.2) is 13.2 Å². The van der Waals surface area contributed by atoms with E-state index in [1.54, 1.807) is 0 Å². The van der Waals surface area contributed by atoms with Crippen molar-refractivity contribution >= 4 is 5.91 Å². The molecule has 0 spiro atoms. The summed E-state index contributed by atoms with van der Waals surface area (Å²) in [6, 6.07) is 1.30. The maximum absolute atomic E-state index is 13.2. The van der Waals surface area contributed by atoms with Crippen molar-refractivity contribution in [1.29, 1.82) is 0 Å². The fraction of sp³-hybridized carbons (Fsp3) is 0.182. The van der Waals surface area contributed by atoms with Gasteiger partial charge < -0.3 is 4.90 Å². The largest absolute Gasteiger partial charge is 0.330 e. The van der Waals surface area contributed by atoms with E-state index in [0.29, 0.717) is 12.1 Å². The average molecular weight is 227 g/mol. The molecule has 0 bridgehead atoms. The lowest BCUT2D eigenvalue weighted by Gasteiger charge is -2.14. The Morgan fingerprint density at radius 3 is 2.50 bits per heavy atom. The molecule has 0 saturated carbocycles. The highest BCUT2D eigenvalue weighted by atomic mass is 19.2. The number of terminal acetylenes is 1. The minimum Gasteiger partial charge on any atom is -0.330 e. The summed E-state index contributed by atoms with van der Waals surface area (Å²) in [4.78, 5) is 12.4. The summed E-state index contributed by atoms with van der Waals surface area (Å²) in [6.45, 7) is -0.117. The number of carbonyl (C=O) groups is 1. The van der Waals surface area contributed by atoms with Crippen LogP contribution < -0.4 is 0 Å². The molecule has 16 heavy (non-hydrogen) atoms. The molecule has 0 aliphatic heterocycles. The number of rotatable bonds is 2. The summed E-state index contributed by atoms with van der Waals surface area (Å²) >= 11 is 0. The first-order valence-corrected chi connectivity index (χ1v) is 4.31. The van der Waals surface area contributed by atoms with E-state index in [0.717, 1.165) is 4.90 Å². The summed E-state index contributed by atoms with van der Waals surface area (Å²) in [6.07, 6.45) is 4.95. The Labute approximate surface area is 90.7 Å². The molecule has 0 radical (unpaired) electrons. The van der Waals surface area contributed by atoms with Crippen LogP contribution in [0.1, 0.15) is 10.4 Å². The lowest BCUT2D eigenvalue weighted by atomic mass is 10.1. The van der Waals surface area contributed by atoms with Crippen molar-refractivity contribution < 1.29 is 18.0 Å². The number of nitrogens with zero attached hydrogens (tertiary/aromatic N) is 1. The van der Waals surface area contributed by atoms with Crippen LogP contribution in [0.5, 0.6) is 0 Å². The van der Waals surface area contributed by atoms with Gasteiger partial charge in [-0.3, -0.25) is 4.79 Å². The van der Waals surface area contributed by atoms with E-state index in [-0.39, 0.29) is 6.54 Å². The SMILES string of the molecule is C#CCN(C)C(=O)c1c(F)ccc(F)c1F. The molecular formula is C11H8F3NO. The zero-order valence-electron chi connectivity index (χ0n) is 8.43. The Morgan fingerprint density at radius 2 is 1.94 bits per heavy atom. The molecule has 0 aliphatic rings. The third kappa shape index (κ3) is 2.16. The van der Waals surface area contributed by atoms with Gasteiger partial charge in [0.15, 0.2) is 11.6 Å². The van der Waals surface area contributed by atoms with Crippen molar-refractivity contribution in [3.8, 4) is 12.3 Å². The van der Waals surface area contributed by atoms with Crippen molar-refractivity contribution in [2.45, 2.75) is 0 Å². The van der Waals surface area contributed by atoms with Crippen LogP contribution >= 0.6 is 0 Å². The van der Waals surface area contributed by atoms with Crippen molar-refractivity contribution in [1.82, 2.24) is 4.90 Å². The zero-order chi connectivity index (χ0) is 12.3. The second kappa shape index (κ2) is 4.71. The Hall–Kier alpha value is -1.96. The first-order chi connectivity index (χ1) is 7.49. The molecule has 1 rings (SSSR count). The van der Waals surface area contributed by atoms with Gasteiger partial charge >= 0.3 is 0 Å². The minimum atomic E-state index is -1.51. The van der Waals surface area contributed by atoms with Gasteiger partial charge in [-0.1, -0.05) is 5.92 Å². The van der Waals surface area contributed by atoms with Gasteiger partial charge in [-0.15, -0.1) is 6.42 Å². The molecule has 1 aromatic carbocycles. The molecular weight excluding hydrogens is 219 g/mol. The van der Waals surface area contributed by atoms with Crippen LogP contribution in [-0.2, 0) is 0 Å². The van der Waals surface area contributed by atoms with E-state index in [9.17, 15) is 18.0 Å². The maximum Gasteiger partial charge on any atom is 0.260 e. The molecule has 1 aromatic rings. The summed E-state index contributed by atoms with van der Waals surface area (Å²) in [5.41, 5.74) is -0.933. The molecule has 5 heteroatoms. The van der Waals surface area contributed by atoms with Crippen LogP contribution in [-0.4, -0.2) is 24.4 Å². The summed E-state index contributed by atoms with van der Waals surface area (Å²) < 4.78 is 39.2. The number of hydrogen-bond donors (Lipinski definition) is 0. The standard InChI is InChI=1S/C11H8F3NO/c1-3-6-15(2)11(16)9-7(12)4-5-8(13)10(9)14/h1,4-5H,6H2,2H3. The fourth-order valence-corrected chi connectivity index (χ4v) is 1.12. The number of amides is 1. The topological polar surface area (TPSA) is 20.3 Å². The third-order valence-corrected chi connectivity index (χ3v) is 1.93. The molecule has 0 saturated heterocycles. The van der Waals surface area contributed by atoms with Crippen LogP contribution in [0.25, 0.3) is 0 Å². The maximum atomic E-state index is 13.2. The van der Waals surface area contributed by atoms with E-state index in [1.165, 1.54) is 7.05 Å². The Kier molecular flexibility index (Phi) is 3.56. The highest BCUT2D eigenvalue weighted by Crippen LogP contribution is 2.17. The van der Waals surface area contributed by atoms with Gasteiger partial charge in [0.05, 0.1) is 6.54 Å². The predicted molar refractivity (Wildman–Crippen MR) is 52.1 cm³/mol. The van der Waals surface area contributed by atoms with Gasteiger partial charge in [0.2, 0.25) is 0 Å². The Morgan fingerprint density at radius 1 is 1.38 bits per heavy atom. The number of hydrogen-bond acceptors (Lipinski definition) is 1. The monoisotopic (exact) mass is 227 g/mol. The molecule has 2 nitrogen and oxygen atoms in total. The zero-order valence-corrected chi connectivity index (χ0v) is 8.43. The molecule has 0 heterocycles. The smallest absolute Gasteiger partial charge is 0.260 e. The Balaban J connectivity index is 3.19. The third-order valence-electron chi connectivity index (χ3n) is 1.93. The van der Waals surface area contributed by atoms with Crippen molar-refractivity contribution in [2.75, 3.05) is 13.6 Å². The average Bonchev–Trinajstić information content (AvgIpc) is 2.24. The second-order valence-electron chi connectivity index (χ2n) is 3.08. The molecule has 1 amide bonds. The van der Waals surface area contributed by atoms with E-state index >= 15 is 0 Å². The summed E-state index contributed by atoms with van der Waals surface area (Å²) in [7, 11) is 1.27. The highest BCUT2D eigenvalue weighted by Gasteiger charge is 2.23. The second-order valence-corrected chi connectivity index (χ2v) is 3.08. The van der Waals surface area contributed by atoms with Gasteiger partial charge in [-0.2, -0.15) is 0 Å². The molecule has 84 valence electrons. The molecule has 0 aliphatic carbocycles. The predicted octanol–water partition coefficient (Wildman–Crippen LogP) is 1.81. The van der Waals surface area contributed by atoms with Crippen molar-refractivity contribution in [3.63, 3.8) is 0 Å². The normalized spacial score (nSPS) is 9.69. The molecule has 0 aromatic heterocycles. The summed E-state index contributed by atoms with van der Waals surface area (Å²) in [5.74, 6) is -2.76.